The van der Waals surface area contributed by atoms with Crippen molar-refractivity contribution in [3.05, 3.63) is 51.7 Å². The molecule has 1 aromatic heterocycles. The summed E-state index contributed by atoms with van der Waals surface area (Å²) in [6.07, 6.45) is 9.88. The molecule has 3 fully saturated rings. The van der Waals surface area contributed by atoms with E-state index in [0.717, 1.165) is 64.5 Å². The van der Waals surface area contributed by atoms with Gasteiger partial charge in [0, 0.05) is 23.2 Å². The maximum Gasteiger partial charge on any atom is 0.310 e. The Hall–Kier alpha value is -2.60. The van der Waals surface area contributed by atoms with Gasteiger partial charge < -0.3 is 16.2 Å². The van der Waals surface area contributed by atoms with Crippen LogP contribution in [0.1, 0.15) is 128 Å². The lowest BCUT2D eigenvalue weighted by molar-refractivity contribution is -0.175. The molecular formula is C40H56N4O2. The van der Waals surface area contributed by atoms with Crippen LogP contribution >= 0.6 is 0 Å². The Bertz CT molecular complexity index is 1670. The van der Waals surface area contributed by atoms with Gasteiger partial charge >= 0.3 is 5.97 Å². The Morgan fingerprint density at radius 1 is 0.978 bits per heavy atom. The third kappa shape index (κ3) is 3.74. The molecule has 2 aromatic rings. The standard InChI is InChI=1S/C40H56N4O2/c1-35(2)14-16-40(34(45)46)17-15-39(7)31(28(40)21-35)26(25-10-8-9-23-22-42-18-12-24(23)25)19-30-37(5)20-27-32(43-44-33(27)41)36(3,4)29(37)11-13-38(30,39)6/h8-10,28-30,42H,11-22H2,1-7H3,(H,45,46)(H3,41,43,44)/t28?,29?,30?,37-,38+,39+,40-/m0/s1. The molecule has 0 bridgehead atoms. The van der Waals surface area contributed by atoms with Gasteiger partial charge in [-0.05, 0) is 132 Å². The first kappa shape index (κ1) is 30.7. The Kier molecular flexibility index (Phi) is 6.35. The predicted octanol–water partition coefficient (Wildman–Crippen LogP) is 8.07. The first-order valence-electron chi connectivity index (χ1n) is 18.2. The largest absolute Gasteiger partial charge is 0.481 e. The lowest BCUT2D eigenvalue weighted by Crippen LogP contribution is -2.65. The lowest BCUT2D eigenvalue weighted by atomic mass is 9.32. The van der Waals surface area contributed by atoms with Crippen LogP contribution < -0.4 is 11.1 Å². The van der Waals surface area contributed by atoms with E-state index in [1.165, 1.54) is 46.4 Å². The van der Waals surface area contributed by atoms with Gasteiger partial charge in [0.15, 0.2) is 0 Å². The van der Waals surface area contributed by atoms with Gasteiger partial charge in [-0.25, -0.2) is 0 Å². The van der Waals surface area contributed by atoms with E-state index in [2.05, 4.69) is 82.2 Å². The van der Waals surface area contributed by atoms with E-state index >= 15 is 0 Å². The molecular weight excluding hydrogens is 568 g/mol. The minimum atomic E-state index is -0.663. The molecule has 2 heterocycles. The number of carboxylic acids is 1. The van der Waals surface area contributed by atoms with Crippen molar-refractivity contribution in [3.8, 4) is 0 Å². The first-order chi connectivity index (χ1) is 21.6. The number of benzene rings is 1. The summed E-state index contributed by atoms with van der Waals surface area (Å²) >= 11 is 0. The molecule has 248 valence electrons. The normalized spacial score (nSPS) is 40.5. The van der Waals surface area contributed by atoms with E-state index < -0.39 is 11.4 Å². The number of fused-ring (bicyclic) bond motifs is 9. The van der Waals surface area contributed by atoms with Crippen LogP contribution in [0.2, 0.25) is 0 Å². The molecule has 5 aliphatic carbocycles. The predicted molar refractivity (Wildman–Crippen MR) is 184 cm³/mol. The number of rotatable bonds is 2. The molecule has 5 N–H and O–H groups in total. The van der Waals surface area contributed by atoms with Gasteiger partial charge in [0.1, 0.15) is 5.82 Å². The molecule has 6 heteroatoms. The first-order valence-corrected chi connectivity index (χ1v) is 18.2. The van der Waals surface area contributed by atoms with E-state index in [9.17, 15) is 9.90 Å². The number of carbonyl (C=O) groups is 1. The number of allylic oxidation sites excluding steroid dienone is 2. The Labute approximate surface area is 275 Å². The van der Waals surface area contributed by atoms with Crippen LogP contribution in [0.5, 0.6) is 0 Å². The SMILES string of the molecule is CC1(C)CC[C@]2(C(=O)O)CC[C@]3(C)C(=C(c4cccc5c4CCNC5)CC4[C@@]5(C)Cc6c(N)n[nH]c6C(C)(C)C5CC[C@]43C)C2C1. The highest BCUT2D eigenvalue weighted by atomic mass is 16.4. The number of carboxylic acid groups (broad SMARTS) is 1. The van der Waals surface area contributed by atoms with Gasteiger partial charge in [-0.3, -0.25) is 9.89 Å². The number of nitrogen functional groups attached to an aromatic ring is 1. The molecule has 0 saturated heterocycles. The second-order valence-electron chi connectivity index (χ2n) is 18.6. The molecule has 46 heavy (non-hydrogen) atoms. The summed E-state index contributed by atoms with van der Waals surface area (Å²) in [6, 6.07) is 6.98. The smallest absolute Gasteiger partial charge is 0.310 e. The topological polar surface area (TPSA) is 104 Å². The summed E-state index contributed by atoms with van der Waals surface area (Å²) in [6.45, 7) is 19.3. The Morgan fingerprint density at radius 3 is 2.50 bits per heavy atom. The van der Waals surface area contributed by atoms with Crippen molar-refractivity contribution >= 4 is 17.4 Å². The second kappa shape index (κ2) is 9.51. The van der Waals surface area contributed by atoms with Gasteiger partial charge in [-0.1, -0.05) is 72.2 Å². The van der Waals surface area contributed by atoms with Crippen molar-refractivity contribution in [1.82, 2.24) is 15.5 Å². The Morgan fingerprint density at radius 2 is 1.74 bits per heavy atom. The van der Waals surface area contributed by atoms with Gasteiger partial charge in [0.05, 0.1) is 5.41 Å². The van der Waals surface area contributed by atoms with Crippen LogP contribution in [0.4, 0.5) is 5.82 Å². The number of hydrogen-bond acceptors (Lipinski definition) is 4. The van der Waals surface area contributed by atoms with Crippen molar-refractivity contribution < 1.29 is 9.90 Å². The van der Waals surface area contributed by atoms with Crippen molar-refractivity contribution in [2.75, 3.05) is 12.3 Å². The van der Waals surface area contributed by atoms with Crippen molar-refractivity contribution in [2.45, 2.75) is 125 Å². The number of hydrogen-bond donors (Lipinski definition) is 4. The Balaban J connectivity index is 1.40. The number of aliphatic carboxylic acids is 1. The molecule has 6 aliphatic rings. The van der Waals surface area contributed by atoms with Crippen molar-refractivity contribution in [2.24, 2.45) is 44.8 Å². The number of aromatic nitrogens is 2. The van der Waals surface area contributed by atoms with Gasteiger partial charge in [0.25, 0.3) is 0 Å². The highest BCUT2D eigenvalue weighted by Gasteiger charge is 2.70. The average Bonchev–Trinajstić information content (AvgIpc) is 3.37. The van der Waals surface area contributed by atoms with Crippen LogP contribution in [-0.2, 0) is 29.6 Å². The number of aromatic amines is 1. The van der Waals surface area contributed by atoms with Gasteiger partial charge in [-0.15, -0.1) is 0 Å². The zero-order chi connectivity index (χ0) is 32.7. The fourth-order valence-electron chi connectivity index (χ4n) is 13.3. The summed E-state index contributed by atoms with van der Waals surface area (Å²) < 4.78 is 0. The van der Waals surface area contributed by atoms with Crippen LogP contribution in [0.15, 0.2) is 23.8 Å². The molecule has 1 aromatic carbocycles. The summed E-state index contributed by atoms with van der Waals surface area (Å²) in [7, 11) is 0. The number of nitrogens with zero attached hydrogens (tertiary/aromatic N) is 1. The van der Waals surface area contributed by atoms with Crippen LogP contribution in [0.3, 0.4) is 0 Å². The van der Waals surface area contributed by atoms with E-state index in [4.69, 9.17) is 5.73 Å². The fourth-order valence-corrected chi connectivity index (χ4v) is 13.3. The molecule has 8 rings (SSSR count). The highest BCUT2D eigenvalue weighted by molar-refractivity contribution is 5.81. The average molecular weight is 625 g/mol. The third-order valence-electron chi connectivity index (χ3n) is 15.9. The zero-order valence-electron chi connectivity index (χ0n) is 29.3. The van der Waals surface area contributed by atoms with E-state index in [-0.39, 0.29) is 33.0 Å². The van der Waals surface area contributed by atoms with Crippen molar-refractivity contribution in [1.29, 1.82) is 0 Å². The summed E-state index contributed by atoms with van der Waals surface area (Å²) in [4.78, 5) is 13.5. The lowest BCUT2D eigenvalue weighted by Gasteiger charge is -2.71. The summed E-state index contributed by atoms with van der Waals surface area (Å²) in [5.41, 5.74) is 16.0. The van der Waals surface area contributed by atoms with Crippen LogP contribution in [0.25, 0.3) is 5.57 Å². The molecule has 7 atom stereocenters. The molecule has 3 unspecified atom stereocenters. The number of nitrogens with two attached hydrogens (primary N) is 1. The molecule has 0 amide bonds. The monoisotopic (exact) mass is 624 g/mol. The number of anilines is 1. The maximum atomic E-state index is 13.5. The van der Waals surface area contributed by atoms with E-state index in [1.54, 1.807) is 5.57 Å². The van der Waals surface area contributed by atoms with E-state index in [0.29, 0.717) is 17.7 Å². The fraction of sp³-hybridized carbons (Fsp3) is 0.700. The minimum absolute atomic E-state index is 0.0463. The molecule has 3 saturated carbocycles. The molecule has 0 radical (unpaired) electrons. The van der Waals surface area contributed by atoms with Crippen LogP contribution in [0, 0.1) is 44.8 Å². The highest BCUT2D eigenvalue weighted by Crippen LogP contribution is 2.77. The van der Waals surface area contributed by atoms with Crippen molar-refractivity contribution in [3.63, 3.8) is 0 Å². The zero-order valence-corrected chi connectivity index (χ0v) is 29.3. The summed E-state index contributed by atoms with van der Waals surface area (Å²) in [5, 5.41) is 22.7. The van der Waals surface area contributed by atoms with Gasteiger partial charge in [0.2, 0.25) is 0 Å². The molecule has 0 spiro atoms. The third-order valence-corrected chi connectivity index (χ3v) is 15.9. The molecule has 6 nitrogen and oxygen atoms in total. The number of nitrogens with one attached hydrogen (secondary N) is 2. The maximum absolute atomic E-state index is 13.5. The molecule has 1 aliphatic heterocycles. The minimum Gasteiger partial charge on any atom is -0.481 e. The number of H-pyrrole nitrogens is 1. The van der Waals surface area contributed by atoms with E-state index in [1.807, 2.05) is 0 Å². The van der Waals surface area contributed by atoms with Gasteiger partial charge in [-0.2, -0.15) is 5.10 Å². The summed E-state index contributed by atoms with van der Waals surface area (Å²) in [5.74, 6) is 1.16. The quantitative estimate of drug-likeness (QED) is 0.271. The second-order valence-corrected chi connectivity index (χ2v) is 18.6. The van der Waals surface area contributed by atoms with Crippen LogP contribution in [-0.4, -0.2) is 27.8 Å².